The summed E-state index contributed by atoms with van der Waals surface area (Å²) in [6.07, 6.45) is 0.254. The summed E-state index contributed by atoms with van der Waals surface area (Å²) in [6, 6.07) is 12.8. The van der Waals surface area contributed by atoms with E-state index in [1.807, 2.05) is 0 Å². The fourth-order valence-corrected chi connectivity index (χ4v) is 6.24. The predicted molar refractivity (Wildman–Crippen MR) is 158 cm³/mol. The molecular weight excluding hydrogens is 608 g/mol. The van der Waals surface area contributed by atoms with E-state index in [2.05, 4.69) is 5.32 Å². The minimum Gasteiger partial charge on any atom is -0.486 e. The number of nitrogens with zero attached hydrogens (tertiary/aromatic N) is 2. The van der Waals surface area contributed by atoms with Gasteiger partial charge in [-0.2, -0.15) is 0 Å². The largest absolute Gasteiger partial charge is 0.486 e. The summed E-state index contributed by atoms with van der Waals surface area (Å²) >= 11 is 12.3. The second kappa shape index (κ2) is 13.6. The van der Waals surface area contributed by atoms with Crippen molar-refractivity contribution in [1.82, 2.24) is 10.2 Å². The Morgan fingerprint density at radius 1 is 0.952 bits per heavy atom. The molecule has 0 fully saturated rings. The van der Waals surface area contributed by atoms with Crippen molar-refractivity contribution in [3.05, 3.63) is 82.1 Å². The predicted octanol–water partition coefficient (Wildman–Crippen LogP) is 5.04. The van der Waals surface area contributed by atoms with Gasteiger partial charge in [-0.25, -0.2) is 12.8 Å². The van der Waals surface area contributed by atoms with Crippen molar-refractivity contribution in [2.24, 2.45) is 0 Å². The van der Waals surface area contributed by atoms with Crippen LogP contribution in [0.25, 0.3) is 0 Å². The van der Waals surface area contributed by atoms with Gasteiger partial charge >= 0.3 is 0 Å². The maximum atomic E-state index is 14.0. The average Bonchev–Trinajstić information content (AvgIpc) is 2.98. The number of fused-ring (bicyclic) bond motifs is 1. The van der Waals surface area contributed by atoms with E-state index in [1.54, 1.807) is 32.0 Å². The Labute approximate surface area is 254 Å². The van der Waals surface area contributed by atoms with Gasteiger partial charge in [0.05, 0.1) is 20.6 Å². The number of amides is 2. The number of likely N-dealkylation sites (N-methyl/N-ethyl adjacent to an activating group) is 1. The third-order valence-electron chi connectivity index (χ3n) is 6.57. The number of anilines is 1. The quantitative estimate of drug-likeness (QED) is 0.316. The van der Waals surface area contributed by atoms with E-state index < -0.39 is 40.2 Å². The first-order valence-electron chi connectivity index (χ1n) is 13.2. The second-order valence-electron chi connectivity index (χ2n) is 9.38. The maximum Gasteiger partial charge on any atom is 0.264 e. The van der Waals surface area contributed by atoms with Gasteiger partial charge in [0.15, 0.2) is 11.5 Å². The summed E-state index contributed by atoms with van der Waals surface area (Å²) in [5.74, 6) is -0.993. The molecule has 0 bridgehead atoms. The molecule has 3 aromatic rings. The molecule has 1 N–H and O–H groups in total. The molecule has 0 saturated heterocycles. The van der Waals surface area contributed by atoms with E-state index in [0.717, 1.165) is 16.4 Å². The van der Waals surface area contributed by atoms with Gasteiger partial charge in [0.25, 0.3) is 10.0 Å². The van der Waals surface area contributed by atoms with Gasteiger partial charge in [-0.05, 0) is 67.4 Å². The van der Waals surface area contributed by atoms with Crippen LogP contribution in [0.5, 0.6) is 11.5 Å². The number of nitrogens with one attached hydrogen (secondary N) is 1. The smallest absolute Gasteiger partial charge is 0.264 e. The van der Waals surface area contributed by atoms with E-state index in [4.69, 9.17) is 32.7 Å². The number of hydrogen-bond donors (Lipinski definition) is 1. The Morgan fingerprint density at radius 2 is 1.64 bits per heavy atom. The van der Waals surface area contributed by atoms with Gasteiger partial charge in [-0.3, -0.25) is 13.9 Å². The van der Waals surface area contributed by atoms with Crippen molar-refractivity contribution < 1.29 is 31.9 Å². The highest BCUT2D eigenvalue weighted by Crippen LogP contribution is 2.34. The fraction of sp³-hybridized carbons (Fsp3) is 0.310. The van der Waals surface area contributed by atoms with Crippen LogP contribution < -0.4 is 19.1 Å². The zero-order chi connectivity index (χ0) is 30.4. The summed E-state index contributed by atoms with van der Waals surface area (Å²) in [4.78, 5) is 28.2. The van der Waals surface area contributed by atoms with Gasteiger partial charge in [0, 0.05) is 19.2 Å². The highest BCUT2D eigenvalue weighted by Gasteiger charge is 2.34. The average molecular weight is 639 g/mol. The molecule has 0 radical (unpaired) electrons. The normalized spacial score (nSPS) is 13.3. The van der Waals surface area contributed by atoms with E-state index in [0.29, 0.717) is 29.5 Å². The van der Waals surface area contributed by atoms with Crippen molar-refractivity contribution in [2.75, 3.05) is 30.6 Å². The van der Waals surface area contributed by atoms with Crippen LogP contribution in [0.15, 0.2) is 65.6 Å². The van der Waals surface area contributed by atoms with E-state index in [1.165, 1.54) is 35.2 Å². The molecule has 1 atom stereocenters. The Balaban J connectivity index is 1.75. The lowest BCUT2D eigenvalue weighted by Gasteiger charge is -2.33. The molecule has 3 aromatic carbocycles. The van der Waals surface area contributed by atoms with E-state index in [9.17, 15) is 22.4 Å². The molecule has 42 heavy (non-hydrogen) atoms. The number of ether oxygens (including phenoxy) is 2. The summed E-state index contributed by atoms with van der Waals surface area (Å²) in [5.41, 5.74) is 0.642. The highest BCUT2D eigenvalue weighted by molar-refractivity contribution is 7.92. The zero-order valence-electron chi connectivity index (χ0n) is 23.0. The SMILES string of the molecule is CCNC(=O)C(CC)N(Cc1ccc(Cl)c(Cl)c1)C(=O)CN(c1ccc(F)cc1)S(=O)(=O)c1ccc2c(c1)OCCO2. The number of benzene rings is 3. The molecule has 9 nitrogen and oxygen atoms in total. The molecule has 1 aliphatic rings. The van der Waals surface area contributed by atoms with Crippen molar-refractivity contribution in [1.29, 1.82) is 0 Å². The van der Waals surface area contributed by atoms with E-state index >= 15 is 0 Å². The van der Waals surface area contributed by atoms with Crippen LogP contribution in [0.4, 0.5) is 10.1 Å². The number of sulfonamides is 1. The van der Waals surface area contributed by atoms with Crippen LogP contribution in [0.1, 0.15) is 25.8 Å². The first-order chi connectivity index (χ1) is 20.0. The van der Waals surface area contributed by atoms with Crippen LogP contribution >= 0.6 is 23.2 Å². The molecule has 0 saturated carbocycles. The van der Waals surface area contributed by atoms with Crippen LogP contribution in [-0.4, -0.2) is 57.5 Å². The number of carbonyl (C=O) groups is 2. The van der Waals surface area contributed by atoms with Gasteiger partial charge in [-0.15, -0.1) is 0 Å². The summed E-state index contributed by atoms with van der Waals surface area (Å²) in [6.45, 7) is 3.69. The van der Waals surface area contributed by atoms with Gasteiger partial charge < -0.3 is 19.7 Å². The molecule has 0 spiro atoms. The Kier molecular flexibility index (Phi) is 10.2. The van der Waals surface area contributed by atoms with Gasteiger partial charge in [0.1, 0.15) is 31.6 Å². The minimum atomic E-state index is -4.39. The topological polar surface area (TPSA) is 105 Å². The monoisotopic (exact) mass is 637 g/mol. The maximum absolute atomic E-state index is 14.0. The van der Waals surface area contributed by atoms with Crippen LogP contribution in [0.3, 0.4) is 0 Å². The van der Waals surface area contributed by atoms with E-state index in [-0.39, 0.29) is 40.9 Å². The van der Waals surface area contributed by atoms with Gasteiger partial charge in [-0.1, -0.05) is 36.2 Å². The Morgan fingerprint density at radius 3 is 2.29 bits per heavy atom. The standard InChI is InChI=1S/C29H30Cl2FN3O6S/c1-3-25(29(37)33-4-2)34(17-19-5-11-23(30)24(31)15-19)28(36)18-35(21-8-6-20(32)7-9-21)42(38,39)22-10-12-26-27(16-22)41-14-13-40-26/h5-12,15-16,25H,3-4,13-14,17-18H2,1-2H3,(H,33,37). The molecular formula is C29H30Cl2FN3O6S. The molecule has 1 heterocycles. The van der Waals surface area contributed by atoms with Crippen molar-refractivity contribution in [2.45, 2.75) is 37.8 Å². The van der Waals surface area contributed by atoms with Crippen molar-refractivity contribution in [3.8, 4) is 11.5 Å². The lowest BCUT2D eigenvalue weighted by molar-refractivity contribution is -0.140. The number of halogens is 3. The summed E-state index contributed by atoms with van der Waals surface area (Å²) in [7, 11) is -4.39. The molecule has 13 heteroatoms. The number of rotatable bonds is 11. The molecule has 4 rings (SSSR count). The van der Waals surface area contributed by atoms with Crippen molar-refractivity contribution >= 4 is 50.7 Å². The summed E-state index contributed by atoms with van der Waals surface area (Å²) < 4.78 is 53.8. The fourth-order valence-electron chi connectivity index (χ4n) is 4.49. The molecule has 1 unspecified atom stereocenters. The number of carbonyl (C=O) groups excluding carboxylic acids is 2. The lowest BCUT2D eigenvalue weighted by Crippen LogP contribution is -2.52. The summed E-state index contributed by atoms with van der Waals surface area (Å²) in [5, 5.41) is 3.32. The Hall–Kier alpha value is -3.54. The molecule has 0 aromatic heterocycles. The van der Waals surface area contributed by atoms with Gasteiger partial charge in [0.2, 0.25) is 11.8 Å². The number of hydrogen-bond acceptors (Lipinski definition) is 6. The second-order valence-corrected chi connectivity index (χ2v) is 12.1. The molecule has 1 aliphatic heterocycles. The lowest BCUT2D eigenvalue weighted by atomic mass is 10.1. The van der Waals surface area contributed by atoms with Crippen LogP contribution in [-0.2, 0) is 26.2 Å². The van der Waals surface area contributed by atoms with Crippen LogP contribution in [0.2, 0.25) is 10.0 Å². The third-order valence-corrected chi connectivity index (χ3v) is 9.08. The Bertz CT molecular complexity index is 1560. The minimum absolute atomic E-state index is 0.0489. The third kappa shape index (κ3) is 7.08. The van der Waals surface area contributed by atoms with Crippen molar-refractivity contribution in [3.63, 3.8) is 0 Å². The first-order valence-corrected chi connectivity index (χ1v) is 15.4. The molecule has 2 amide bonds. The zero-order valence-corrected chi connectivity index (χ0v) is 25.3. The molecule has 0 aliphatic carbocycles. The van der Waals surface area contributed by atoms with Crippen LogP contribution in [0, 0.1) is 5.82 Å². The first kappa shape index (κ1) is 31.4. The highest BCUT2D eigenvalue weighted by atomic mass is 35.5. The molecule has 224 valence electrons.